The molecule has 0 bridgehead atoms. The molecule has 0 amide bonds. The van der Waals surface area contributed by atoms with Gasteiger partial charge in [0.25, 0.3) is 0 Å². The molecule has 0 saturated carbocycles. The lowest BCUT2D eigenvalue weighted by molar-refractivity contribution is 0.281. The van der Waals surface area contributed by atoms with E-state index in [0.717, 1.165) is 10.4 Å². The molecule has 2 rings (SSSR count). The Balaban J connectivity index is 2.24. The first-order valence-electron chi connectivity index (χ1n) is 5.42. The quantitative estimate of drug-likeness (QED) is 0.586. The summed E-state index contributed by atoms with van der Waals surface area (Å²) in [7, 11) is 1.58. The molecule has 0 unspecified atom stereocenters. The first kappa shape index (κ1) is 12.6. The topological polar surface area (TPSA) is 65.3 Å². The van der Waals surface area contributed by atoms with Crippen molar-refractivity contribution < 1.29 is 9.84 Å². The number of aliphatic hydroxyl groups is 1. The van der Waals surface area contributed by atoms with Gasteiger partial charge >= 0.3 is 0 Å². The maximum Gasteiger partial charge on any atom is 0.142 e. The van der Waals surface area contributed by atoms with E-state index in [0.29, 0.717) is 17.3 Å². The van der Waals surface area contributed by atoms with Crippen molar-refractivity contribution in [3.63, 3.8) is 0 Å². The summed E-state index contributed by atoms with van der Waals surface area (Å²) in [6.45, 7) is -0.0367. The molecule has 2 aromatic rings. The van der Waals surface area contributed by atoms with Crippen LogP contribution in [0.4, 0.5) is 5.69 Å². The molecule has 1 aromatic carbocycles. The van der Waals surface area contributed by atoms with Gasteiger partial charge in [-0.2, -0.15) is 0 Å². The molecule has 0 fully saturated rings. The first-order chi connectivity index (χ1) is 8.74. The van der Waals surface area contributed by atoms with Crippen molar-refractivity contribution in [3.8, 4) is 5.75 Å². The zero-order chi connectivity index (χ0) is 13.0. The minimum atomic E-state index is -0.0367. The SMILES string of the molecule is COc1ccc(CO)cc1NC(=N)c1cccs1. The Morgan fingerprint density at radius 3 is 2.89 bits per heavy atom. The Morgan fingerprint density at radius 2 is 2.28 bits per heavy atom. The van der Waals surface area contributed by atoms with Gasteiger partial charge in [-0.25, -0.2) is 0 Å². The van der Waals surface area contributed by atoms with Gasteiger partial charge in [0, 0.05) is 0 Å². The fraction of sp³-hybridized carbons (Fsp3) is 0.154. The Bertz CT molecular complexity index is 538. The van der Waals surface area contributed by atoms with Crippen LogP contribution in [-0.2, 0) is 6.61 Å². The molecule has 0 aliphatic heterocycles. The van der Waals surface area contributed by atoms with Crippen LogP contribution < -0.4 is 10.1 Å². The normalized spacial score (nSPS) is 10.1. The van der Waals surface area contributed by atoms with Crippen molar-refractivity contribution in [2.24, 2.45) is 0 Å². The number of nitrogens with one attached hydrogen (secondary N) is 2. The van der Waals surface area contributed by atoms with Crippen LogP contribution >= 0.6 is 11.3 Å². The number of ether oxygens (including phenoxy) is 1. The van der Waals surface area contributed by atoms with Gasteiger partial charge < -0.3 is 15.2 Å². The Morgan fingerprint density at radius 1 is 1.44 bits per heavy atom. The highest BCUT2D eigenvalue weighted by Gasteiger charge is 2.08. The molecule has 18 heavy (non-hydrogen) atoms. The second kappa shape index (κ2) is 5.66. The third-order valence-corrected chi connectivity index (χ3v) is 3.36. The predicted molar refractivity (Wildman–Crippen MR) is 73.7 cm³/mol. The largest absolute Gasteiger partial charge is 0.495 e. The second-order valence-electron chi connectivity index (χ2n) is 3.67. The average molecular weight is 262 g/mol. The molecule has 4 nitrogen and oxygen atoms in total. The number of rotatable bonds is 4. The second-order valence-corrected chi connectivity index (χ2v) is 4.62. The molecule has 1 aromatic heterocycles. The average Bonchev–Trinajstić information content (AvgIpc) is 2.92. The van der Waals surface area contributed by atoms with Gasteiger partial charge in [0.2, 0.25) is 0 Å². The van der Waals surface area contributed by atoms with Crippen LogP contribution in [0.1, 0.15) is 10.4 Å². The van der Waals surface area contributed by atoms with Crippen LogP contribution in [0.15, 0.2) is 35.7 Å². The van der Waals surface area contributed by atoms with E-state index in [1.165, 1.54) is 11.3 Å². The van der Waals surface area contributed by atoms with Crippen molar-refractivity contribution in [2.75, 3.05) is 12.4 Å². The summed E-state index contributed by atoms with van der Waals surface area (Å²) in [6.07, 6.45) is 0. The van der Waals surface area contributed by atoms with E-state index < -0.39 is 0 Å². The van der Waals surface area contributed by atoms with Crippen molar-refractivity contribution in [1.29, 1.82) is 5.41 Å². The van der Waals surface area contributed by atoms with E-state index in [2.05, 4.69) is 5.32 Å². The number of anilines is 1. The molecule has 0 aliphatic carbocycles. The van der Waals surface area contributed by atoms with Crippen LogP contribution in [0.25, 0.3) is 0 Å². The number of aliphatic hydroxyl groups excluding tert-OH is 1. The number of thiophene rings is 1. The number of hydrogen-bond donors (Lipinski definition) is 3. The van der Waals surface area contributed by atoms with Crippen LogP contribution in [0.2, 0.25) is 0 Å². The van der Waals surface area contributed by atoms with Gasteiger partial charge in [-0.1, -0.05) is 12.1 Å². The summed E-state index contributed by atoms with van der Waals surface area (Å²) in [5.74, 6) is 0.965. The van der Waals surface area contributed by atoms with E-state index in [9.17, 15) is 0 Å². The number of methoxy groups -OCH3 is 1. The van der Waals surface area contributed by atoms with Crippen molar-refractivity contribution in [1.82, 2.24) is 0 Å². The summed E-state index contributed by atoms with van der Waals surface area (Å²) >= 11 is 1.50. The number of amidine groups is 1. The third kappa shape index (κ3) is 2.69. The maximum atomic E-state index is 9.12. The Labute approximate surface area is 109 Å². The van der Waals surface area contributed by atoms with Crippen molar-refractivity contribution in [3.05, 3.63) is 46.2 Å². The molecular weight excluding hydrogens is 248 g/mol. The van der Waals surface area contributed by atoms with Crippen LogP contribution in [0.3, 0.4) is 0 Å². The van der Waals surface area contributed by atoms with E-state index in [1.54, 1.807) is 25.3 Å². The maximum absolute atomic E-state index is 9.12. The Kier molecular flexibility index (Phi) is 3.96. The first-order valence-corrected chi connectivity index (χ1v) is 6.30. The summed E-state index contributed by atoms with van der Waals surface area (Å²) in [5.41, 5.74) is 1.46. The molecule has 0 radical (unpaired) electrons. The molecule has 3 N–H and O–H groups in total. The zero-order valence-electron chi connectivity index (χ0n) is 9.93. The van der Waals surface area contributed by atoms with Gasteiger partial charge in [-0.3, -0.25) is 5.41 Å². The molecule has 5 heteroatoms. The lowest BCUT2D eigenvalue weighted by atomic mass is 10.2. The van der Waals surface area contributed by atoms with Crippen molar-refractivity contribution >= 4 is 22.9 Å². The van der Waals surface area contributed by atoms with Gasteiger partial charge in [-0.15, -0.1) is 11.3 Å². The monoisotopic (exact) mass is 262 g/mol. The minimum absolute atomic E-state index is 0.0367. The minimum Gasteiger partial charge on any atom is -0.495 e. The lowest BCUT2D eigenvalue weighted by Gasteiger charge is -2.12. The third-order valence-electron chi connectivity index (χ3n) is 2.47. The molecule has 1 heterocycles. The molecule has 94 valence electrons. The summed E-state index contributed by atoms with van der Waals surface area (Å²) in [6, 6.07) is 9.12. The van der Waals surface area contributed by atoms with E-state index in [1.807, 2.05) is 17.5 Å². The Hall–Kier alpha value is -1.85. The summed E-state index contributed by atoms with van der Waals surface area (Å²) in [4.78, 5) is 0.853. The van der Waals surface area contributed by atoms with Gasteiger partial charge in [0.1, 0.15) is 11.6 Å². The van der Waals surface area contributed by atoms with Crippen LogP contribution in [0.5, 0.6) is 5.75 Å². The zero-order valence-corrected chi connectivity index (χ0v) is 10.8. The van der Waals surface area contributed by atoms with E-state index >= 15 is 0 Å². The molecule has 0 aliphatic rings. The number of hydrogen-bond acceptors (Lipinski definition) is 4. The highest BCUT2D eigenvalue weighted by Crippen LogP contribution is 2.26. The molecule has 0 atom stereocenters. The molecule has 0 spiro atoms. The fourth-order valence-corrected chi connectivity index (χ4v) is 2.20. The van der Waals surface area contributed by atoms with Crippen LogP contribution in [-0.4, -0.2) is 18.1 Å². The van der Waals surface area contributed by atoms with Gasteiger partial charge in [0.05, 0.1) is 24.3 Å². The van der Waals surface area contributed by atoms with E-state index in [-0.39, 0.29) is 6.61 Å². The van der Waals surface area contributed by atoms with Gasteiger partial charge in [0.15, 0.2) is 0 Å². The van der Waals surface area contributed by atoms with Crippen LogP contribution in [0, 0.1) is 5.41 Å². The standard InChI is InChI=1S/C13H14N2O2S/c1-17-11-5-4-9(8-16)7-10(11)15-13(14)12-3-2-6-18-12/h2-7,16H,8H2,1H3,(H2,14,15). The van der Waals surface area contributed by atoms with Crippen molar-refractivity contribution in [2.45, 2.75) is 6.61 Å². The highest BCUT2D eigenvalue weighted by molar-refractivity contribution is 7.12. The molecular formula is C13H14N2O2S. The predicted octanol–water partition coefficient (Wildman–Crippen LogP) is 2.69. The summed E-state index contributed by atoms with van der Waals surface area (Å²) in [5, 5.41) is 22.0. The summed E-state index contributed by atoms with van der Waals surface area (Å²) < 4.78 is 5.23. The lowest BCUT2D eigenvalue weighted by Crippen LogP contribution is -2.11. The smallest absolute Gasteiger partial charge is 0.142 e. The van der Waals surface area contributed by atoms with Gasteiger partial charge in [-0.05, 0) is 29.1 Å². The number of benzene rings is 1. The fourth-order valence-electron chi connectivity index (χ4n) is 1.57. The molecule has 0 saturated heterocycles. The van der Waals surface area contributed by atoms with E-state index in [4.69, 9.17) is 15.3 Å². The highest BCUT2D eigenvalue weighted by atomic mass is 32.1.